The van der Waals surface area contributed by atoms with Gasteiger partial charge in [0.15, 0.2) is 6.10 Å². The van der Waals surface area contributed by atoms with Crippen LogP contribution < -0.4 is 4.74 Å². The van der Waals surface area contributed by atoms with Gasteiger partial charge in [-0.05, 0) is 25.5 Å². The Morgan fingerprint density at radius 1 is 1.30 bits per heavy atom. The van der Waals surface area contributed by atoms with Gasteiger partial charge in [-0.2, -0.15) is 0 Å². The molecule has 106 valence electrons. The van der Waals surface area contributed by atoms with Crippen LogP contribution in [-0.4, -0.2) is 18.0 Å². The summed E-state index contributed by atoms with van der Waals surface area (Å²) in [5.41, 5.74) is 0. The number of terminal acetylenes is 1. The van der Waals surface area contributed by atoms with Gasteiger partial charge < -0.3 is 9.47 Å². The lowest BCUT2D eigenvalue weighted by Crippen LogP contribution is -2.14. The Morgan fingerprint density at radius 2 is 1.95 bits per heavy atom. The van der Waals surface area contributed by atoms with Crippen molar-refractivity contribution < 1.29 is 19.1 Å². The summed E-state index contributed by atoms with van der Waals surface area (Å²) in [6.07, 6.45) is 5.08. The van der Waals surface area contributed by atoms with E-state index in [-0.39, 0.29) is 12.8 Å². The predicted molar refractivity (Wildman–Crippen MR) is 75.3 cm³/mol. The number of ether oxygens (including phenoxy) is 2. The second-order valence-corrected chi connectivity index (χ2v) is 4.46. The van der Waals surface area contributed by atoms with Crippen LogP contribution in [0, 0.1) is 12.3 Å². The summed E-state index contributed by atoms with van der Waals surface area (Å²) in [6.45, 7) is 1.60. The molecule has 1 aromatic carbocycles. The molecular weight excluding hydrogens is 280 g/mol. The van der Waals surface area contributed by atoms with Crippen molar-refractivity contribution in [2.24, 2.45) is 0 Å². The highest BCUT2D eigenvalue weighted by atomic mass is 35.5. The van der Waals surface area contributed by atoms with Crippen molar-refractivity contribution in [1.82, 2.24) is 0 Å². The molecule has 0 saturated carbocycles. The number of esters is 2. The molecule has 0 heterocycles. The van der Waals surface area contributed by atoms with Crippen molar-refractivity contribution in [1.29, 1.82) is 0 Å². The summed E-state index contributed by atoms with van der Waals surface area (Å²) in [5.74, 6) is 1.71. The van der Waals surface area contributed by atoms with Gasteiger partial charge in [-0.25, -0.2) is 0 Å². The fraction of sp³-hybridized carbons (Fsp3) is 0.333. The van der Waals surface area contributed by atoms with E-state index in [9.17, 15) is 9.59 Å². The Balaban J connectivity index is 2.29. The van der Waals surface area contributed by atoms with Gasteiger partial charge in [-0.3, -0.25) is 9.59 Å². The number of carbonyl (C=O) groups excluding carboxylic acids is 2. The lowest BCUT2D eigenvalue weighted by molar-refractivity contribution is -0.146. The lowest BCUT2D eigenvalue weighted by atomic mass is 10.2. The smallest absolute Gasteiger partial charge is 0.311 e. The van der Waals surface area contributed by atoms with Gasteiger partial charge in [-0.15, -0.1) is 6.42 Å². The first-order valence-corrected chi connectivity index (χ1v) is 6.51. The molecule has 0 aliphatic heterocycles. The van der Waals surface area contributed by atoms with Crippen molar-refractivity contribution in [2.45, 2.75) is 32.3 Å². The quantitative estimate of drug-likeness (QED) is 0.460. The molecule has 5 heteroatoms. The summed E-state index contributed by atoms with van der Waals surface area (Å²) in [6, 6.07) is 6.68. The molecule has 0 aromatic heterocycles. The van der Waals surface area contributed by atoms with Crippen molar-refractivity contribution >= 4 is 23.5 Å². The molecule has 0 radical (unpaired) electrons. The minimum absolute atomic E-state index is 0.102. The van der Waals surface area contributed by atoms with Gasteiger partial charge in [0.2, 0.25) is 0 Å². The lowest BCUT2D eigenvalue weighted by Gasteiger charge is -2.07. The molecule has 20 heavy (non-hydrogen) atoms. The van der Waals surface area contributed by atoms with Crippen LogP contribution in [0.4, 0.5) is 0 Å². The fourth-order valence-corrected chi connectivity index (χ4v) is 1.54. The first-order valence-electron chi connectivity index (χ1n) is 6.13. The third-order valence-corrected chi connectivity index (χ3v) is 2.68. The molecule has 1 aromatic rings. The highest BCUT2D eigenvalue weighted by Gasteiger charge is 2.11. The summed E-state index contributed by atoms with van der Waals surface area (Å²) >= 11 is 5.86. The number of benzene rings is 1. The van der Waals surface area contributed by atoms with Crippen molar-refractivity contribution in [3.8, 4) is 18.1 Å². The predicted octanol–water partition coefficient (Wildman–Crippen LogP) is 2.98. The molecular formula is C15H15ClO4. The average molecular weight is 295 g/mol. The standard InChI is InChI=1S/C15H15ClO4/c1-3-11(2)19-14(17)9-6-10-15(18)20-13-8-5-4-7-12(13)16/h1,4-5,7-8,11H,6,9-10H2,2H3. The van der Waals surface area contributed by atoms with E-state index in [1.807, 2.05) is 0 Å². The highest BCUT2D eigenvalue weighted by molar-refractivity contribution is 6.32. The van der Waals surface area contributed by atoms with E-state index >= 15 is 0 Å². The summed E-state index contributed by atoms with van der Waals surface area (Å²) in [7, 11) is 0. The van der Waals surface area contributed by atoms with Crippen LogP contribution in [0.25, 0.3) is 0 Å². The maximum atomic E-state index is 11.6. The molecule has 0 aliphatic carbocycles. The van der Waals surface area contributed by atoms with Crippen LogP contribution in [-0.2, 0) is 14.3 Å². The monoisotopic (exact) mass is 294 g/mol. The minimum atomic E-state index is -0.558. The molecule has 1 unspecified atom stereocenters. The van der Waals surface area contributed by atoms with Crippen LogP contribution in [0.5, 0.6) is 5.75 Å². The second-order valence-electron chi connectivity index (χ2n) is 4.06. The van der Waals surface area contributed by atoms with Crippen LogP contribution in [0.15, 0.2) is 24.3 Å². The van der Waals surface area contributed by atoms with Crippen LogP contribution in [0.3, 0.4) is 0 Å². The van der Waals surface area contributed by atoms with E-state index in [2.05, 4.69) is 5.92 Å². The third kappa shape index (κ3) is 5.77. The first-order chi connectivity index (χ1) is 9.52. The maximum Gasteiger partial charge on any atom is 0.311 e. The van der Waals surface area contributed by atoms with Gasteiger partial charge >= 0.3 is 11.9 Å². The van der Waals surface area contributed by atoms with E-state index in [1.54, 1.807) is 31.2 Å². The second kappa shape index (κ2) is 8.23. The number of halogens is 1. The SMILES string of the molecule is C#CC(C)OC(=O)CCCC(=O)Oc1ccccc1Cl. The van der Waals surface area contributed by atoms with Crippen molar-refractivity contribution in [3.63, 3.8) is 0 Å². The van der Waals surface area contributed by atoms with Crippen molar-refractivity contribution in [3.05, 3.63) is 29.3 Å². The Kier molecular flexibility index (Phi) is 6.61. The van der Waals surface area contributed by atoms with E-state index in [0.717, 1.165) is 0 Å². The molecule has 1 rings (SSSR count). The zero-order valence-electron chi connectivity index (χ0n) is 11.1. The molecule has 0 amide bonds. The fourth-order valence-electron chi connectivity index (χ4n) is 1.37. The Bertz CT molecular complexity index is 519. The van der Waals surface area contributed by atoms with Gasteiger partial charge in [0.05, 0.1) is 5.02 Å². The molecule has 0 spiro atoms. The maximum absolute atomic E-state index is 11.6. The van der Waals surface area contributed by atoms with Crippen molar-refractivity contribution in [2.75, 3.05) is 0 Å². The summed E-state index contributed by atoms with van der Waals surface area (Å²) < 4.78 is 9.94. The zero-order chi connectivity index (χ0) is 15.0. The highest BCUT2D eigenvalue weighted by Crippen LogP contribution is 2.23. The van der Waals surface area contributed by atoms with E-state index in [4.69, 9.17) is 27.5 Å². The molecule has 4 nitrogen and oxygen atoms in total. The Labute approximate surface area is 123 Å². The van der Waals surface area contributed by atoms with Crippen LogP contribution >= 0.6 is 11.6 Å². The third-order valence-electron chi connectivity index (χ3n) is 2.37. The normalized spacial score (nSPS) is 11.2. The first kappa shape index (κ1) is 16.1. The molecule has 0 N–H and O–H groups in total. The van der Waals surface area contributed by atoms with Gasteiger partial charge in [0, 0.05) is 12.8 Å². The number of carbonyl (C=O) groups is 2. The van der Waals surface area contributed by atoms with E-state index in [0.29, 0.717) is 17.2 Å². The van der Waals surface area contributed by atoms with E-state index < -0.39 is 18.0 Å². The molecule has 0 bridgehead atoms. The molecule has 1 atom stereocenters. The largest absolute Gasteiger partial charge is 0.449 e. The molecule has 0 aliphatic rings. The van der Waals surface area contributed by atoms with Crippen LogP contribution in [0.2, 0.25) is 5.02 Å². The average Bonchev–Trinajstić information content (AvgIpc) is 2.41. The molecule has 0 fully saturated rings. The van der Waals surface area contributed by atoms with Gasteiger partial charge in [-0.1, -0.05) is 29.7 Å². The Morgan fingerprint density at radius 3 is 2.60 bits per heavy atom. The molecule has 0 saturated heterocycles. The van der Waals surface area contributed by atoms with Gasteiger partial charge in [0.25, 0.3) is 0 Å². The van der Waals surface area contributed by atoms with Gasteiger partial charge in [0.1, 0.15) is 5.75 Å². The minimum Gasteiger partial charge on any atom is -0.449 e. The zero-order valence-corrected chi connectivity index (χ0v) is 11.9. The number of hydrogen-bond donors (Lipinski definition) is 0. The number of hydrogen-bond acceptors (Lipinski definition) is 4. The van der Waals surface area contributed by atoms with Crippen LogP contribution in [0.1, 0.15) is 26.2 Å². The Hall–Kier alpha value is -1.99. The number of para-hydroxylation sites is 1. The summed E-state index contributed by atoms with van der Waals surface area (Å²) in [5, 5.41) is 0.364. The van der Waals surface area contributed by atoms with E-state index in [1.165, 1.54) is 0 Å². The topological polar surface area (TPSA) is 52.6 Å². The number of rotatable bonds is 6. The summed E-state index contributed by atoms with van der Waals surface area (Å²) in [4.78, 5) is 22.9.